The molecule has 0 amide bonds. The lowest BCUT2D eigenvalue weighted by Crippen LogP contribution is -2.00. The van der Waals surface area contributed by atoms with Crippen LogP contribution in [0.25, 0.3) is 34.5 Å². The van der Waals surface area contributed by atoms with E-state index in [1.807, 2.05) is 36.5 Å². The molecule has 5 rings (SSSR count). The molecule has 9 heteroatoms. The number of aryl methyl sites for hydroxylation is 2. The van der Waals surface area contributed by atoms with Crippen LogP contribution in [0.15, 0.2) is 72.9 Å². The Hall–Kier alpha value is -3.94. The SMILES string of the molecule is CCn1cc(-c2ccc(Cl)cc2Cl)nc1/C=C/c1ccc(-c2ccc(OCCCc3nn[nH]n3)cc2)cc1. The van der Waals surface area contributed by atoms with Gasteiger partial charge in [0, 0.05) is 29.7 Å². The summed E-state index contributed by atoms with van der Waals surface area (Å²) in [5.41, 5.74) is 5.05. The third kappa shape index (κ3) is 6.30. The summed E-state index contributed by atoms with van der Waals surface area (Å²) < 4.78 is 7.93. The first-order valence-electron chi connectivity index (χ1n) is 12.4. The number of rotatable bonds is 10. The Bertz CT molecular complexity index is 1510. The Morgan fingerprint density at radius 1 is 0.947 bits per heavy atom. The molecule has 0 aliphatic heterocycles. The molecule has 38 heavy (non-hydrogen) atoms. The molecule has 0 bridgehead atoms. The number of benzene rings is 3. The van der Waals surface area contributed by atoms with Gasteiger partial charge in [-0.15, -0.1) is 10.2 Å². The van der Waals surface area contributed by atoms with Gasteiger partial charge in [-0.1, -0.05) is 70.9 Å². The van der Waals surface area contributed by atoms with Gasteiger partial charge in [0.05, 0.1) is 17.3 Å². The molecule has 0 saturated carbocycles. The normalized spacial score (nSPS) is 11.3. The molecule has 0 radical (unpaired) electrons. The number of aromatic amines is 1. The molecule has 0 fully saturated rings. The standard InChI is InChI=1S/C29H26Cl2N6O/c1-2-37-19-27(25-15-12-23(30)18-26(25)31)32-29(37)16-7-20-5-8-21(9-6-20)22-10-13-24(14-11-22)38-17-3-4-28-33-35-36-34-28/h5-16,18-19H,2-4,17H2,1H3,(H,33,34,35,36)/b16-7+. The van der Waals surface area contributed by atoms with Crippen molar-refractivity contribution in [1.82, 2.24) is 30.2 Å². The van der Waals surface area contributed by atoms with E-state index >= 15 is 0 Å². The van der Waals surface area contributed by atoms with Crippen LogP contribution in [0.5, 0.6) is 5.75 Å². The van der Waals surface area contributed by atoms with E-state index in [-0.39, 0.29) is 0 Å². The van der Waals surface area contributed by atoms with Crippen molar-refractivity contribution in [3.05, 3.63) is 100 Å². The molecule has 0 aliphatic rings. The number of hydrogen-bond acceptors (Lipinski definition) is 5. The molecule has 0 aliphatic carbocycles. The Kier molecular flexibility index (Phi) is 8.16. The summed E-state index contributed by atoms with van der Waals surface area (Å²) in [5, 5.41) is 15.1. The number of H-pyrrole nitrogens is 1. The molecule has 0 unspecified atom stereocenters. The van der Waals surface area contributed by atoms with Crippen LogP contribution in [-0.2, 0) is 13.0 Å². The molecule has 2 aromatic heterocycles. The average Bonchev–Trinajstić information content (AvgIpc) is 3.61. The third-order valence-electron chi connectivity index (χ3n) is 6.08. The van der Waals surface area contributed by atoms with Crippen molar-refractivity contribution in [1.29, 1.82) is 0 Å². The van der Waals surface area contributed by atoms with Crippen LogP contribution in [0.3, 0.4) is 0 Å². The van der Waals surface area contributed by atoms with Crippen LogP contribution < -0.4 is 4.74 Å². The predicted molar refractivity (Wildman–Crippen MR) is 152 cm³/mol. The quantitative estimate of drug-likeness (QED) is 0.187. The van der Waals surface area contributed by atoms with Crippen molar-refractivity contribution in [2.75, 3.05) is 6.61 Å². The topological polar surface area (TPSA) is 81.5 Å². The Morgan fingerprint density at radius 2 is 1.71 bits per heavy atom. The maximum absolute atomic E-state index is 6.40. The highest BCUT2D eigenvalue weighted by atomic mass is 35.5. The molecule has 1 N–H and O–H groups in total. The second kappa shape index (κ2) is 12.1. The maximum Gasteiger partial charge on any atom is 0.174 e. The molecule has 2 heterocycles. The van der Waals surface area contributed by atoms with Crippen LogP contribution in [0.1, 0.15) is 30.6 Å². The Labute approximate surface area is 231 Å². The summed E-state index contributed by atoms with van der Waals surface area (Å²) in [4.78, 5) is 4.80. The molecule has 3 aromatic carbocycles. The van der Waals surface area contributed by atoms with E-state index < -0.39 is 0 Å². The van der Waals surface area contributed by atoms with Crippen molar-refractivity contribution in [3.63, 3.8) is 0 Å². The zero-order chi connectivity index (χ0) is 26.3. The molecule has 0 atom stereocenters. The zero-order valence-corrected chi connectivity index (χ0v) is 22.3. The minimum absolute atomic E-state index is 0.587. The van der Waals surface area contributed by atoms with Gasteiger partial charge >= 0.3 is 0 Å². The number of tetrazole rings is 1. The first kappa shape index (κ1) is 25.7. The van der Waals surface area contributed by atoms with Gasteiger partial charge < -0.3 is 9.30 Å². The smallest absolute Gasteiger partial charge is 0.174 e. The van der Waals surface area contributed by atoms with Gasteiger partial charge in [-0.2, -0.15) is 5.21 Å². The fourth-order valence-electron chi connectivity index (χ4n) is 4.05. The zero-order valence-electron chi connectivity index (χ0n) is 20.8. The molecule has 0 spiro atoms. The molecule has 0 saturated heterocycles. The van der Waals surface area contributed by atoms with E-state index in [0.29, 0.717) is 22.5 Å². The van der Waals surface area contributed by atoms with Gasteiger partial charge in [0.1, 0.15) is 11.6 Å². The van der Waals surface area contributed by atoms with Crippen LogP contribution >= 0.6 is 23.2 Å². The first-order chi connectivity index (χ1) is 18.6. The Balaban J connectivity index is 1.21. The molecule has 5 aromatic rings. The van der Waals surface area contributed by atoms with Crippen LogP contribution in [-0.4, -0.2) is 36.8 Å². The summed E-state index contributed by atoms with van der Waals surface area (Å²) in [7, 11) is 0. The van der Waals surface area contributed by atoms with Crippen molar-refractivity contribution in [3.8, 4) is 28.1 Å². The van der Waals surface area contributed by atoms with Gasteiger partial charge in [-0.25, -0.2) is 4.98 Å². The minimum Gasteiger partial charge on any atom is -0.494 e. The number of nitrogens with one attached hydrogen (secondary N) is 1. The number of halogens is 2. The lowest BCUT2D eigenvalue weighted by molar-refractivity contribution is 0.310. The van der Waals surface area contributed by atoms with Crippen molar-refractivity contribution < 1.29 is 4.74 Å². The Morgan fingerprint density at radius 3 is 2.39 bits per heavy atom. The monoisotopic (exact) mass is 544 g/mol. The summed E-state index contributed by atoms with van der Waals surface area (Å²) >= 11 is 12.4. The predicted octanol–water partition coefficient (Wildman–Crippen LogP) is 7.24. The average molecular weight is 545 g/mol. The van der Waals surface area contributed by atoms with Crippen LogP contribution in [0.4, 0.5) is 0 Å². The van der Waals surface area contributed by atoms with E-state index in [1.165, 1.54) is 0 Å². The highest BCUT2D eigenvalue weighted by molar-refractivity contribution is 6.36. The van der Waals surface area contributed by atoms with Crippen LogP contribution in [0.2, 0.25) is 10.0 Å². The lowest BCUT2D eigenvalue weighted by atomic mass is 10.0. The fourth-order valence-corrected chi connectivity index (χ4v) is 4.56. The van der Waals surface area contributed by atoms with Crippen molar-refractivity contribution in [2.24, 2.45) is 0 Å². The second-order valence-electron chi connectivity index (χ2n) is 8.65. The van der Waals surface area contributed by atoms with Crippen molar-refractivity contribution in [2.45, 2.75) is 26.3 Å². The van der Waals surface area contributed by atoms with Crippen LogP contribution in [0, 0.1) is 0 Å². The highest BCUT2D eigenvalue weighted by Crippen LogP contribution is 2.30. The summed E-state index contributed by atoms with van der Waals surface area (Å²) in [6, 6.07) is 22.0. The van der Waals surface area contributed by atoms with Gasteiger partial charge in [-0.05, 0) is 66.4 Å². The third-order valence-corrected chi connectivity index (χ3v) is 6.63. The molecular formula is C29H26Cl2N6O. The largest absolute Gasteiger partial charge is 0.494 e. The number of nitrogens with zero attached hydrogens (tertiary/aromatic N) is 5. The van der Waals surface area contributed by atoms with Gasteiger partial charge in [0.15, 0.2) is 5.82 Å². The summed E-state index contributed by atoms with van der Waals surface area (Å²) in [6.45, 7) is 3.49. The molecule has 7 nitrogen and oxygen atoms in total. The van der Waals surface area contributed by atoms with E-state index in [9.17, 15) is 0 Å². The van der Waals surface area contributed by atoms with E-state index in [4.69, 9.17) is 32.9 Å². The first-order valence-corrected chi connectivity index (χ1v) is 13.1. The van der Waals surface area contributed by atoms with Gasteiger partial charge in [0.2, 0.25) is 0 Å². The highest BCUT2D eigenvalue weighted by Gasteiger charge is 2.10. The minimum atomic E-state index is 0.587. The number of ether oxygens (including phenoxy) is 1. The maximum atomic E-state index is 6.40. The van der Waals surface area contributed by atoms with Crippen molar-refractivity contribution >= 4 is 35.4 Å². The second-order valence-corrected chi connectivity index (χ2v) is 9.50. The van der Waals surface area contributed by atoms with E-state index in [1.54, 1.807) is 6.07 Å². The fraction of sp³-hybridized carbons (Fsp3) is 0.172. The molecular weight excluding hydrogens is 519 g/mol. The number of aromatic nitrogens is 6. The van der Waals surface area contributed by atoms with E-state index in [2.05, 4.69) is 74.6 Å². The van der Waals surface area contributed by atoms with E-state index in [0.717, 1.165) is 58.9 Å². The number of hydrogen-bond donors (Lipinski definition) is 1. The lowest BCUT2D eigenvalue weighted by Gasteiger charge is -2.07. The summed E-state index contributed by atoms with van der Waals surface area (Å²) in [6.07, 6.45) is 7.66. The van der Waals surface area contributed by atoms with Gasteiger partial charge in [-0.3, -0.25) is 0 Å². The number of imidazole rings is 1. The summed E-state index contributed by atoms with van der Waals surface area (Å²) in [5.74, 6) is 2.41. The van der Waals surface area contributed by atoms with Gasteiger partial charge in [0.25, 0.3) is 0 Å². The molecule has 192 valence electrons.